The zero-order valence-electron chi connectivity index (χ0n) is 16.9. The molecule has 0 bridgehead atoms. The van der Waals surface area contributed by atoms with Crippen LogP contribution in [0.5, 0.6) is 5.75 Å². The number of amides is 1. The van der Waals surface area contributed by atoms with E-state index in [9.17, 15) is 4.79 Å². The summed E-state index contributed by atoms with van der Waals surface area (Å²) in [6.07, 6.45) is 9.54. The summed E-state index contributed by atoms with van der Waals surface area (Å²) in [6.45, 7) is 5.34. The normalized spacial score (nSPS) is 27.2. The average Bonchev–Trinajstić information content (AvgIpc) is 3.15. The fourth-order valence-corrected chi connectivity index (χ4v) is 4.99. The molecule has 3 fully saturated rings. The van der Waals surface area contributed by atoms with E-state index in [1.165, 1.54) is 5.56 Å². The lowest BCUT2D eigenvalue weighted by Gasteiger charge is -2.44. The molecule has 3 heterocycles. The van der Waals surface area contributed by atoms with Crippen molar-refractivity contribution in [2.45, 2.75) is 38.1 Å². The molecular formula is C23H32N2O3. The summed E-state index contributed by atoms with van der Waals surface area (Å²) in [5.74, 6) is 1.29. The predicted octanol–water partition coefficient (Wildman–Crippen LogP) is 3.20. The molecule has 5 nitrogen and oxygen atoms in total. The monoisotopic (exact) mass is 384 g/mol. The number of hydrogen-bond acceptors (Lipinski definition) is 4. The van der Waals surface area contributed by atoms with Crippen LogP contribution in [0.15, 0.2) is 30.3 Å². The van der Waals surface area contributed by atoms with Gasteiger partial charge in [-0.1, -0.05) is 24.3 Å². The van der Waals surface area contributed by atoms with Crippen molar-refractivity contribution in [2.24, 2.45) is 5.41 Å². The van der Waals surface area contributed by atoms with Crippen molar-refractivity contribution in [3.63, 3.8) is 0 Å². The zero-order chi connectivity index (χ0) is 19.4. The summed E-state index contributed by atoms with van der Waals surface area (Å²) in [7, 11) is 1.68. The Kier molecular flexibility index (Phi) is 6.02. The summed E-state index contributed by atoms with van der Waals surface area (Å²) in [5.41, 5.74) is 1.03. The molecule has 3 aliphatic heterocycles. The van der Waals surface area contributed by atoms with Crippen LogP contribution in [0.4, 0.5) is 0 Å². The number of nitrogens with zero attached hydrogens (tertiary/aromatic N) is 2. The Morgan fingerprint density at radius 3 is 2.71 bits per heavy atom. The molecule has 1 amide bonds. The van der Waals surface area contributed by atoms with Crippen molar-refractivity contribution >= 4 is 12.0 Å². The topological polar surface area (TPSA) is 42.0 Å². The minimum atomic E-state index is -0.148. The van der Waals surface area contributed by atoms with Gasteiger partial charge >= 0.3 is 0 Å². The van der Waals surface area contributed by atoms with Crippen molar-refractivity contribution in [3.8, 4) is 5.75 Å². The Labute approximate surface area is 168 Å². The molecule has 3 aliphatic rings. The second-order valence-electron chi connectivity index (χ2n) is 8.39. The highest BCUT2D eigenvalue weighted by Gasteiger charge is 2.49. The molecular weight excluding hydrogens is 352 g/mol. The van der Waals surface area contributed by atoms with Gasteiger partial charge in [0.25, 0.3) is 0 Å². The maximum Gasteiger partial charge on any atom is 0.230 e. The summed E-state index contributed by atoms with van der Waals surface area (Å²) >= 11 is 0. The largest absolute Gasteiger partial charge is 0.497 e. The molecule has 28 heavy (non-hydrogen) atoms. The van der Waals surface area contributed by atoms with Gasteiger partial charge in [0.1, 0.15) is 5.75 Å². The van der Waals surface area contributed by atoms with Crippen molar-refractivity contribution in [1.29, 1.82) is 0 Å². The highest BCUT2D eigenvalue weighted by atomic mass is 16.5. The lowest BCUT2D eigenvalue weighted by atomic mass is 9.77. The summed E-state index contributed by atoms with van der Waals surface area (Å²) in [4.78, 5) is 18.0. The highest BCUT2D eigenvalue weighted by molar-refractivity contribution is 5.84. The fourth-order valence-electron chi connectivity index (χ4n) is 4.99. The van der Waals surface area contributed by atoms with Gasteiger partial charge in [-0.2, -0.15) is 0 Å². The van der Waals surface area contributed by atoms with E-state index in [-0.39, 0.29) is 5.41 Å². The van der Waals surface area contributed by atoms with Crippen molar-refractivity contribution in [1.82, 2.24) is 9.80 Å². The van der Waals surface area contributed by atoms with E-state index >= 15 is 0 Å². The molecule has 0 unspecified atom stereocenters. The van der Waals surface area contributed by atoms with Gasteiger partial charge in [0.15, 0.2) is 0 Å². The third kappa shape index (κ3) is 4.11. The molecule has 0 aliphatic carbocycles. The van der Waals surface area contributed by atoms with Crippen LogP contribution in [-0.4, -0.2) is 68.3 Å². The molecule has 0 aromatic heterocycles. The van der Waals surface area contributed by atoms with Gasteiger partial charge in [-0.05, 0) is 56.3 Å². The number of benzene rings is 1. The van der Waals surface area contributed by atoms with Gasteiger partial charge in [-0.15, -0.1) is 0 Å². The van der Waals surface area contributed by atoms with Gasteiger partial charge in [-0.25, -0.2) is 0 Å². The van der Waals surface area contributed by atoms with E-state index in [1.54, 1.807) is 7.11 Å². The Bertz CT molecular complexity index is 696. The average molecular weight is 385 g/mol. The van der Waals surface area contributed by atoms with Crippen molar-refractivity contribution in [2.75, 3.05) is 46.5 Å². The minimum Gasteiger partial charge on any atom is -0.497 e. The first kappa shape index (κ1) is 19.5. The van der Waals surface area contributed by atoms with Gasteiger partial charge < -0.3 is 14.4 Å². The number of piperidine rings is 1. The van der Waals surface area contributed by atoms with E-state index < -0.39 is 0 Å². The van der Waals surface area contributed by atoms with Crippen LogP contribution in [0.25, 0.3) is 6.08 Å². The van der Waals surface area contributed by atoms with E-state index in [2.05, 4.69) is 34.1 Å². The van der Waals surface area contributed by atoms with Crippen LogP contribution >= 0.6 is 0 Å². The molecule has 1 aromatic carbocycles. The first-order valence-electron chi connectivity index (χ1n) is 10.6. The second-order valence-corrected chi connectivity index (χ2v) is 8.39. The second kappa shape index (κ2) is 8.66. The number of methoxy groups -OCH3 is 1. The Morgan fingerprint density at radius 1 is 1.18 bits per heavy atom. The van der Waals surface area contributed by atoms with Crippen LogP contribution in [-0.2, 0) is 9.53 Å². The summed E-state index contributed by atoms with van der Waals surface area (Å²) in [5, 5.41) is 0. The number of hydrogen-bond donors (Lipinski definition) is 0. The smallest absolute Gasteiger partial charge is 0.230 e. The van der Waals surface area contributed by atoms with E-state index in [0.29, 0.717) is 11.9 Å². The Hall–Kier alpha value is -1.85. The number of rotatable bonds is 5. The van der Waals surface area contributed by atoms with Crippen LogP contribution in [0.3, 0.4) is 0 Å². The summed E-state index contributed by atoms with van der Waals surface area (Å²) < 4.78 is 10.7. The van der Waals surface area contributed by atoms with Gasteiger partial charge in [0, 0.05) is 38.9 Å². The fraction of sp³-hybridized carbons (Fsp3) is 0.609. The van der Waals surface area contributed by atoms with E-state index in [4.69, 9.17) is 9.47 Å². The predicted molar refractivity (Wildman–Crippen MR) is 110 cm³/mol. The summed E-state index contributed by atoms with van der Waals surface area (Å²) in [6, 6.07) is 8.49. The van der Waals surface area contributed by atoms with Crippen LogP contribution in [0, 0.1) is 5.41 Å². The number of carbonyl (C=O) groups excluding carboxylic acids is 1. The quantitative estimate of drug-likeness (QED) is 0.782. The number of carbonyl (C=O) groups is 1. The lowest BCUT2D eigenvalue weighted by molar-refractivity contribution is -0.150. The highest BCUT2D eigenvalue weighted by Crippen LogP contribution is 2.41. The third-order valence-electron chi connectivity index (χ3n) is 6.62. The SMILES string of the molecule is COc1ccc(/C=C/CN2CC[C@]3(CCCN(C4CCOCC4)C3=O)C2)cc1. The Morgan fingerprint density at radius 2 is 1.96 bits per heavy atom. The zero-order valence-corrected chi connectivity index (χ0v) is 16.9. The first-order chi connectivity index (χ1) is 13.7. The lowest BCUT2D eigenvalue weighted by Crippen LogP contribution is -2.54. The van der Waals surface area contributed by atoms with Crippen molar-refractivity contribution in [3.05, 3.63) is 35.9 Å². The maximum absolute atomic E-state index is 13.4. The molecule has 3 saturated heterocycles. The Balaban J connectivity index is 1.34. The number of ether oxygens (including phenoxy) is 2. The number of likely N-dealkylation sites (tertiary alicyclic amines) is 2. The first-order valence-corrected chi connectivity index (χ1v) is 10.6. The van der Waals surface area contributed by atoms with E-state index in [0.717, 1.165) is 77.2 Å². The molecule has 0 N–H and O–H groups in total. The van der Waals surface area contributed by atoms with Gasteiger partial charge in [0.05, 0.1) is 12.5 Å². The maximum atomic E-state index is 13.4. The van der Waals surface area contributed by atoms with Crippen LogP contribution in [0.2, 0.25) is 0 Å². The molecule has 1 atom stereocenters. The molecule has 0 radical (unpaired) electrons. The molecule has 152 valence electrons. The van der Waals surface area contributed by atoms with Crippen LogP contribution < -0.4 is 4.74 Å². The van der Waals surface area contributed by atoms with Crippen molar-refractivity contribution < 1.29 is 14.3 Å². The third-order valence-corrected chi connectivity index (χ3v) is 6.62. The van der Waals surface area contributed by atoms with Crippen LogP contribution in [0.1, 0.15) is 37.7 Å². The molecule has 4 rings (SSSR count). The minimum absolute atomic E-state index is 0.148. The molecule has 1 aromatic rings. The standard InChI is InChI=1S/C23H32N2O3/c1-27-21-7-5-19(6-8-21)4-2-13-24-15-12-23(18-24)11-3-14-25(22(23)26)20-9-16-28-17-10-20/h2,4-8,20H,3,9-18H2,1H3/b4-2+/t23-/m1/s1. The van der Waals surface area contributed by atoms with E-state index in [1.807, 2.05) is 12.1 Å². The molecule has 1 spiro atoms. The molecule has 0 saturated carbocycles. The van der Waals surface area contributed by atoms with Gasteiger partial charge in [0.2, 0.25) is 5.91 Å². The molecule has 5 heteroatoms. The van der Waals surface area contributed by atoms with Gasteiger partial charge in [-0.3, -0.25) is 9.69 Å².